The Hall–Kier alpha value is -0.610. The maximum Gasteiger partial charge on any atom is 0.309 e. The van der Waals surface area contributed by atoms with Crippen LogP contribution >= 0.6 is 0 Å². The van der Waals surface area contributed by atoms with Crippen LogP contribution in [-0.4, -0.2) is 35.0 Å². The molecule has 0 radical (unpaired) electrons. The third-order valence-corrected chi connectivity index (χ3v) is 2.01. The highest BCUT2D eigenvalue weighted by molar-refractivity contribution is 5.71. The molecule has 2 unspecified atom stereocenters. The van der Waals surface area contributed by atoms with Gasteiger partial charge in [-0.15, -0.1) is 0 Å². The lowest BCUT2D eigenvalue weighted by Gasteiger charge is -2.25. The van der Waals surface area contributed by atoms with E-state index in [0.717, 1.165) is 0 Å². The minimum atomic E-state index is -1.02. The lowest BCUT2D eigenvalue weighted by atomic mass is 9.96. The Morgan fingerprint density at radius 2 is 2.00 bits per heavy atom. The van der Waals surface area contributed by atoms with Crippen molar-refractivity contribution in [2.75, 3.05) is 6.61 Å². The number of carbonyl (C=O) groups is 1. The maximum atomic E-state index is 11.5. The van der Waals surface area contributed by atoms with Gasteiger partial charge < -0.3 is 14.6 Å². The van der Waals surface area contributed by atoms with E-state index in [1.165, 1.54) is 0 Å². The molecule has 0 aromatic heterocycles. The number of hydrogen-bond acceptors (Lipinski definition) is 4. The third kappa shape index (κ3) is 5.74. The molecule has 0 aliphatic carbocycles. The quantitative estimate of drug-likeness (QED) is 0.567. The molecule has 1 aliphatic rings. The average molecular weight is 216 g/mol. The zero-order valence-electron chi connectivity index (χ0n) is 9.87. The highest BCUT2D eigenvalue weighted by atomic mass is 16.6. The van der Waals surface area contributed by atoms with Crippen molar-refractivity contribution in [3.05, 3.63) is 0 Å². The van der Waals surface area contributed by atoms with Crippen LogP contribution < -0.4 is 0 Å². The number of hydrogen-bond donors (Lipinski definition) is 1. The Kier molecular flexibility index (Phi) is 3.41. The summed E-state index contributed by atoms with van der Waals surface area (Å²) < 4.78 is 10.2. The Morgan fingerprint density at radius 1 is 1.47 bits per heavy atom. The fraction of sp³-hybridized carbons (Fsp3) is 0.909. The third-order valence-electron chi connectivity index (χ3n) is 2.01. The molecule has 0 spiro atoms. The first-order valence-corrected chi connectivity index (χ1v) is 5.24. The Morgan fingerprint density at radius 3 is 2.40 bits per heavy atom. The molecule has 1 aliphatic heterocycles. The van der Waals surface area contributed by atoms with Gasteiger partial charge in [-0.1, -0.05) is 0 Å². The van der Waals surface area contributed by atoms with Gasteiger partial charge in [-0.2, -0.15) is 0 Å². The Labute approximate surface area is 90.6 Å². The van der Waals surface area contributed by atoms with Crippen molar-refractivity contribution in [2.45, 2.75) is 57.8 Å². The van der Waals surface area contributed by atoms with E-state index in [2.05, 4.69) is 0 Å². The summed E-state index contributed by atoms with van der Waals surface area (Å²) in [6, 6.07) is 0. The van der Waals surface area contributed by atoms with Crippen LogP contribution in [0, 0.1) is 0 Å². The highest BCUT2D eigenvalue weighted by Gasteiger charge is 2.35. The van der Waals surface area contributed by atoms with Crippen molar-refractivity contribution >= 4 is 5.97 Å². The number of carbonyl (C=O) groups excluding carboxylic acids is 1. The lowest BCUT2D eigenvalue weighted by Crippen LogP contribution is -2.33. The van der Waals surface area contributed by atoms with Crippen LogP contribution in [0.2, 0.25) is 0 Å². The predicted octanol–water partition coefficient (Wildman–Crippen LogP) is 1.26. The molecule has 1 rings (SSSR count). The van der Waals surface area contributed by atoms with Gasteiger partial charge in [0.1, 0.15) is 5.60 Å². The molecule has 2 atom stereocenters. The van der Waals surface area contributed by atoms with Gasteiger partial charge in [0.05, 0.1) is 24.7 Å². The van der Waals surface area contributed by atoms with Crippen LogP contribution in [0.25, 0.3) is 0 Å². The van der Waals surface area contributed by atoms with Crippen molar-refractivity contribution in [3.8, 4) is 0 Å². The van der Waals surface area contributed by atoms with E-state index < -0.39 is 11.2 Å². The van der Waals surface area contributed by atoms with Gasteiger partial charge in [-0.05, 0) is 27.7 Å². The topological polar surface area (TPSA) is 59.1 Å². The van der Waals surface area contributed by atoms with Crippen LogP contribution in [-0.2, 0) is 14.3 Å². The van der Waals surface area contributed by atoms with Crippen LogP contribution in [0.4, 0.5) is 0 Å². The van der Waals surface area contributed by atoms with Crippen molar-refractivity contribution in [1.29, 1.82) is 0 Å². The van der Waals surface area contributed by atoms with E-state index in [9.17, 15) is 9.90 Å². The molecule has 4 heteroatoms. The normalized spacial score (nSPS) is 24.5. The number of ether oxygens (including phenoxy) is 2. The molecular weight excluding hydrogens is 196 g/mol. The van der Waals surface area contributed by atoms with E-state index in [4.69, 9.17) is 9.47 Å². The first-order valence-electron chi connectivity index (χ1n) is 5.24. The zero-order chi connectivity index (χ0) is 11.7. The first kappa shape index (κ1) is 12.5. The summed E-state index contributed by atoms with van der Waals surface area (Å²) in [5.41, 5.74) is -1.52. The van der Waals surface area contributed by atoms with E-state index in [1.54, 1.807) is 6.92 Å². The number of rotatable bonds is 4. The molecule has 0 bridgehead atoms. The van der Waals surface area contributed by atoms with Crippen LogP contribution in [0.15, 0.2) is 0 Å². The molecule has 1 fully saturated rings. The van der Waals surface area contributed by atoms with Crippen molar-refractivity contribution in [1.82, 2.24) is 0 Å². The summed E-state index contributed by atoms with van der Waals surface area (Å²) >= 11 is 0. The van der Waals surface area contributed by atoms with Crippen molar-refractivity contribution in [3.63, 3.8) is 0 Å². The summed E-state index contributed by atoms with van der Waals surface area (Å²) in [6.07, 6.45) is 0.624. The second-order valence-corrected chi connectivity index (χ2v) is 5.42. The highest BCUT2D eigenvalue weighted by Crippen LogP contribution is 2.26. The van der Waals surface area contributed by atoms with Gasteiger partial charge in [-0.25, -0.2) is 0 Å². The standard InChI is InChI=1S/C11H20O4/c1-10(2,3)15-9(12)6-11(4,13)5-8-7-14-8/h8,13H,5-7H2,1-4H3. The molecule has 1 heterocycles. The van der Waals surface area contributed by atoms with E-state index in [1.807, 2.05) is 20.8 Å². The second-order valence-electron chi connectivity index (χ2n) is 5.42. The molecule has 0 saturated carbocycles. The number of epoxide rings is 1. The average Bonchev–Trinajstić information content (AvgIpc) is 2.62. The molecule has 4 nitrogen and oxygen atoms in total. The molecule has 0 aromatic carbocycles. The molecule has 0 amide bonds. The van der Waals surface area contributed by atoms with Gasteiger partial charge in [0.15, 0.2) is 0 Å². The minimum Gasteiger partial charge on any atom is -0.460 e. The van der Waals surface area contributed by atoms with E-state index in [0.29, 0.717) is 13.0 Å². The Bertz CT molecular complexity index is 235. The fourth-order valence-corrected chi connectivity index (χ4v) is 1.44. The van der Waals surface area contributed by atoms with Gasteiger partial charge in [-0.3, -0.25) is 4.79 Å². The molecule has 15 heavy (non-hydrogen) atoms. The summed E-state index contributed by atoms with van der Waals surface area (Å²) in [5, 5.41) is 9.91. The van der Waals surface area contributed by atoms with Crippen LogP contribution in [0.3, 0.4) is 0 Å². The second kappa shape index (κ2) is 4.10. The number of aliphatic hydroxyl groups is 1. The Balaban J connectivity index is 2.34. The first-order chi connectivity index (χ1) is 6.68. The maximum absolute atomic E-state index is 11.5. The lowest BCUT2D eigenvalue weighted by molar-refractivity contribution is -0.160. The smallest absolute Gasteiger partial charge is 0.309 e. The molecule has 1 saturated heterocycles. The van der Waals surface area contributed by atoms with Crippen LogP contribution in [0.1, 0.15) is 40.5 Å². The van der Waals surface area contributed by atoms with E-state index in [-0.39, 0.29) is 18.5 Å². The molecule has 0 aromatic rings. The van der Waals surface area contributed by atoms with E-state index >= 15 is 0 Å². The summed E-state index contributed by atoms with van der Waals surface area (Å²) in [6.45, 7) is 7.75. The molecular formula is C11H20O4. The van der Waals surface area contributed by atoms with Gasteiger partial charge in [0.2, 0.25) is 0 Å². The van der Waals surface area contributed by atoms with Crippen molar-refractivity contribution < 1.29 is 19.4 Å². The summed E-state index contributed by atoms with van der Waals surface area (Å²) in [5.74, 6) is -0.367. The largest absolute Gasteiger partial charge is 0.460 e. The number of esters is 1. The van der Waals surface area contributed by atoms with Crippen molar-refractivity contribution in [2.24, 2.45) is 0 Å². The summed E-state index contributed by atoms with van der Waals surface area (Å²) in [4.78, 5) is 11.5. The SMILES string of the molecule is CC(O)(CC(=O)OC(C)(C)C)CC1CO1. The monoisotopic (exact) mass is 216 g/mol. The summed E-state index contributed by atoms with van der Waals surface area (Å²) in [7, 11) is 0. The minimum absolute atomic E-state index is 0.0180. The molecule has 1 N–H and O–H groups in total. The van der Waals surface area contributed by atoms with Gasteiger partial charge in [0.25, 0.3) is 0 Å². The van der Waals surface area contributed by atoms with Crippen LogP contribution in [0.5, 0.6) is 0 Å². The van der Waals surface area contributed by atoms with Gasteiger partial charge in [0, 0.05) is 6.42 Å². The predicted molar refractivity (Wildman–Crippen MR) is 55.4 cm³/mol. The van der Waals surface area contributed by atoms with Gasteiger partial charge >= 0.3 is 5.97 Å². The molecule has 88 valence electrons. The zero-order valence-corrected chi connectivity index (χ0v) is 9.87. The fourth-order valence-electron chi connectivity index (χ4n) is 1.44.